The number of rotatable bonds is 52. The summed E-state index contributed by atoms with van der Waals surface area (Å²) in [6.07, 6.45) is 53.9. The Morgan fingerprint density at radius 3 is 0.891 bits per heavy atom. The van der Waals surface area contributed by atoms with Gasteiger partial charge in [-0.25, -0.2) is 0 Å². The van der Waals surface area contributed by atoms with Gasteiger partial charge in [0.2, 0.25) is 0 Å². The average Bonchev–Trinajstić information content (AvgIpc) is 3.28. The van der Waals surface area contributed by atoms with Crippen LogP contribution in [0.3, 0.4) is 0 Å². The molecule has 0 N–H and O–H groups in total. The maximum absolute atomic E-state index is 12.8. The van der Waals surface area contributed by atoms with Crippen molar-refractivity contribution < 1.29 is 28.6 Å². The summed E-state index contributed by atoms with van der Waals surface area (Å²) in [4.78, 5) is 37.9. The van der Waals surface area contributed by atoms with Crippen LogP contribution in [0.5, 0.6) is 0 Å². The molecule has 64 heavy (non-hydrogen) atoms. The van der Waals surface area contributed by atoms with Crippen LogP contribution in [0.4, 0.5) is 0 Å². The van der Waals surface area contributed by atoms with Gasteiger partial charge in [0.05, 0.1) is 0 Å². The largest absolute Gasteiger partial charge is 0.462 e. The fraction of sp³-hybridized carbons (Fsp3) is 0.948. The first-order chi connectivity index (χ1) is 31.3. The Morgan fingerprint density at radius 2 is 0.594 bits per heavy atom. The van der Waals surface area contributed by atoms with E-state index in [-0.39, 0.29) is 31.1 Å². The predicted molar refractivity (Wildman–Crippen MR) is 275 cm³/mol. The molecular weight excluding hydrogens is 793 g/mol. The summed E-state index contributed by atoms with van der Waals surface area (Å²) in [7, 11) is 0. The third-order valence-electron chi connectivity index (χ3n) is 13.6. The molecule has 0 bridgehead atoms. The van der Waals surface area contributed by atoms with Crippen LogP contribution in [-0.2, 0) is 28.6 Å². The maximum Gasteiger partial charge on any atom is 0.306 e. The Kier molecular flexibility index (Phi) is 49.6. The molecule has 6 heteroatoms. The molecule has 1 unspecified atom stereocenters. The van der Waals surface area contributed by atoms with E-state index in [9.17, 15) is 14.4 Å². The van der Waals surface area contributed by atoms with Gasteiger partial charge in [-0.15, -0.1) is 0 Å². The Hall–Kier alpha value is -1.59. The topological polar surface area (TPSA) is 78.9 Å². The highest BCUT2D eigenvalue weighted by atomic mass is 16.6. The minimum atomic E-state index is -0.761. The average molecular weight is 906 g/mol. The smallest absolute Gasteiger partial charge is 0.306 e. The summed E-state index contributed by atoms with van der Waals surface area (Å²) < 4.78 is 16.8. The molecule has 0 rings (SSSR count). The third kappa shape index (κ3) is 49.8. The molecule has 0 aromatic heterocycles. The van der Waals surface area contributed by atoms with Crippen molar-refractivity contribution in [3.63, 3.8) is 0 Å². The van der Waals surface area contributed by atoms with Gasteiger partial charge in [0.15, 0.2) is 6.10 Å². The second-order valence-electron chi connectivity index (χ2n) is 20.6. The SMILES string of the molecule is CCCCCCCCCC(=O)OC[C@@H](COC(=O)CCCCCCCCCCCCCCCCC(C)CC)OC(=O)CCCCCCCCCCCCCCCCCCCCC(C)C. The third-order valence-corrected chi connectivity index (χ3v) is 13.6. The Balaban J connectivity index is 4.13. The molecule has 0 heterocycles. The highest BCUT2D eigenvalue weighted by Gasteiger charge is 2.19. The quantitative estimate of drug-likeness (QED) is 0.0344. The van der Waals surface area contributed by atoms with Crippen LogP contribution in [0.2, 0.25) is 0 Å². The summed E-state index contributed by atoms with van der Waals surface area (Å²) in [6.45, 7) is 11.4. The van der Waals surface area contributed by atoms with Gasteiger partial charge in [0.25, 0.3) is 0 Å². The molecule has 0 aromatic carbocycles. The van der Waals surface area contributed by atoms with E-state index in [0.29, 0.717) is 19.3 Å². The van der Waals surface area contributed by atoms with Crippen LogP contribution in [0, 0.1) is 11.8 Å². The molecule has 0 aromatic rings. The zero-order valence-corrected chi connectivity index (χ0v) is 43.9. The summed E-state index contributed by atoms with van der Waals surface area (Å²) in [5, 5.41) is 0. The van der Waals surface area contributed by atoms with E-state index in [0.717, 1.165) is 69.6 Å². The zero-order valence-electron chi connectivity index (χ0n) is 43.9. The van der Waals surface area contributed by atoms with E-state index in [2.05, 4.69) is 34.6 Å². The van der Waals surface area contributed by atoms with Crippen molar-refractivity contribution in [2.75, 3.05) is 13.2 Å². The van der Waals surface area contributed by atoms with E-state index in [1.54, 1.807) is 0 Å². The number of ether oxygens (including phenoxy) is 3. The van der Waals surface area contributed by atoms with Crippen molar-refractivity contribution in [2.45, 2.75) is 330 Å². The van der Waals surface area contributed by atoms with Crippen LogP contribution in [-0.4, -0.2) is 37.2 Å². The Labute approximate surface area is 399 Å². The second-order valence-corrected chi connectivity index (χ2v) is 20.6. The first-order valence-electron chi connectivity index (χ1n) is 28.8. The summed E-state index contributed by atoms with van der Waals surface area (Å²) in [6, 6.07) is 0. The summed E-state index contributed by atoms with van der Waals surface area (Å²) in [5.74, 6) is 0.907. The number of unbranched alkanes of at least 4 members (excludes halogenated alkanes) is 36. The summed E-state index contributed by atoms with van der Waals surface area (Å²) in [5.41, 5.74) is 0. The molecule has 380 valence electrons. The molecule has 0 aliphatic carbocycles. The second kappa shape index (κ2) is 50.8. The monoisotopic (exact) mass is 905 g/mol. The highest BCUT2D eigenvalue weighted by Crippen LogP contribution is 2.19. The van der Waals surface area contributed by atoms with Crippen molar-refractivity contribution in [3.8, 4) is 0 Å². The number of esters is 3. The van der Waals surface area contributed by atoms with Gasteiger partial charge in [0.1, 0.15) is 13.2 Å². The van der Waals surface area contributed by atoms with Crippen molar-refractivity contribution in [1.82, 2.24) is 0 Å². The van der Waals surface area contributed by atoms with Gasteiger partial charge in [-0.1, -0.05) is 285 Å². The molecule has 0 radical (unpaired) electrons. The normalized spacial score (nSPS) is 12.5. The van der Waals surface area contributed by atoms with Crippen molar-refractivity contribution in [2.24, 2.45) is 11.8 Å². The van der Waals surface area contributed by atoms with E-state index in [1.807, 2.05) is 0 Å². The van der Waals surface area contributed by atoms with Crippen LogP contribution in [0.25, 0.3) is 0 Å². The van der Waals surface area contributed by atoms with Crippen molar-refractivity contribution in [3.05, 3.63) is 0 Å². The van der Waals surface area contributed by atoms with E-state index >= 15 is 0 Å². The molecule has 0 aliphatic heterocycles. The standard InChI is InChI=1S/C58H112O6/c1-6-8-9-10-31-38-43-48-56(59)62-51-55(52-63-57(60)49-44-39-34-29-25-21-18-17-20-24-28-33-37-42-47-54(5)7-2)64-58(61)50-45-40-35-30-26-22-16-14-12-11-13-15-19-23-27-32-36-41-46-53(3)4/h53-55H,6-52H2,1-5H3/t54?,55-/m0/s1. The fourth-order valence-electron chi connectivity index (χ4n) is 8.84. The van der Waals surface area contributed by atoms with Gasteiger partial charge in [-0.2, -0.15) is 0 Å². The van der Waals surface area contributed by atoms with Gasteiger partial charge in [-0.3, -0.25) is 14.4 Å². The highest BCUT2D eigenvalue weighted by molar-refractivity contribution is 5.71. The lowest BCUT2D eigenvalue weighted by atomic mass is 9.99. The van der Waals surface area contributed by atoms with E-state index < -0.39 is 6.10 Å². The van der Waals surface area contributed by atoms with Crippen molar-refractivity contribution >= 4 is 17.9 Å². The fourth-order valence-corrected chi connectivity index (χ4v) is 8.84. The maximum atomic E-state index is 12.8. The van der Waals surface area contributed by atoms with Gasteiger partial charge in [-0.05, 0) is 31.1 Å². The number of hydrogen-bond donors (Lipinski definition) is 0. The molecule has 0 saturated carbocycles. The molecule has 0 spiro atoms. The molecule has 6 nitrogen and oxygen atoms in total. The van der Waals surface area contributed by atoms with Crippen LogP contribution >= 0.6 is 0 Å². The molecule has 0 saturated heterocycles. The van der Waals surface area contributed by atoms with E-state index in [4.69, 9.17) is 14.2 Å². The summed E-state index contributed by atoms with van der Waals surface area (Å²) >= 11 is 0. The number of carbonyl (C=O) groups excluding carboxylic acids is 3. The number of hydrogen-bond acceptors (Lipinski definition) is 6. The molecule has 0 fully saturated rings. The van der Waals surface area contributed by atoms with E-state index in [1.165, 1.54) is 212 Å². The first-order valence-corrected chi connectivity index (χ1v) is 28.8. The van der Waals surface area contributed by atoms with Gasteiger partial charge in [0, 0.05) is 19.3 Å². The first kappa shape index (κ1) is 62.4. The van der Waals surface area contributed by atoms with Crippen LogP contribution < -0.4 is 0 Å². The minimum absolute atomic E-state index is 0.0632. The zero-order chi connectivity index (χ0) is 46.8. The number of carbonyl (C=O) groups is 3. The lowest BCUT2D eigenvalue weighted by molar-refractivity contribution is -0.167. The lowest BCUT2D eigenvalue weighted by Gasteiger charge is -2.18. The van der Waals surface area contributed by atoms with Gasteiger partial charge < -0.3 is 14.2 Å². The molecule has 0 aliphatic rings. The van der Waals surface area contributed by atoms with Crippen molar-refractivity contribution in [1.29, 1.82) is 0 Å². The van der Waals surface area contributed by atoms with Gasteiger partial charge >= 0.3 is 17.9 Å². The van der Waals surface area contributed by atoms with Crippen LogP contribution in [0.15, 0.2) is 0 Å². The minimum Gasteiger partial charge on any atom is -0.462 e. The Morgan fingerprint density at radius 1 is 0.328 bits per heavy atom. The molecule has 2 atom stereocenters. The predicted octanol–water partition coefficient (Wildman–Crippen LogP) is 18.9. The lowest BCUT2D eigenvalue weighted by Crippen LogP contribution is -2.30. The Bertz CT molecular complexity index is 980. The van der Waals surface area contributed by atoms with Crippen LogP contribution in [0.1, 0.15) is 324 Å². The molecule has 0 amide bonds. The molecular formula is C58H112O6.